The predicted octanol–water partition coefficient (Wildman–Crippen LogP) is 3.05. The lowest BCUT2D eigenvalue weighted by atomic mass is 10.1. The summed E-state index contributed by atoms with van der Waals surface area (Å²) in [5, 5.41) is 9.49. The smallest absolute Gasteiger partial charge is 0.242 e. The second-order valence-corrected chi connectivity index (χ2v) is 7.54. The topological polar surface area (TPSA) is 60.9 Å². The van der Waals surface area contributed by atoms with Crippen molar-refractivity contribution in [1.82, 2.24) is 9.80 Å². The zero-order chi connectivity index (χ0) is 19.1. The first-order chi connectivity index (χ1) is 12.3. The Morgan fingerprint density at radius 1 is 0.962 bits per heavy atom. The number of amides is 2. The third kappa shape index (κ3) is 6.33. The summed E-state index contributed by atoms with van der Waals surface area (Å²) in [4.78, 5) is 27.6. The summed E-state index contributed by atoms with van der Waals surface area (Å²) in [6.07, 6.45) is 1.04. The van der Waals surface area contributed by atoms with Crippen molar-refractivity contribution in [3.63, 3.8) is 0 Å². The third-order valence-corrected chi connectivity index (χ3v) is 4.81. The molecule has 0 heterocycles. The molecule has 2 amide bonds. The number of aryl methyl sites for hydroxylation is 1. The van der Waals surface area contributed by atoms with Crippen LogP contribution in [-0.2, 0) is 22.6 Å². The molecule has 5 nitrogen and oxygen atoms in total. The number of halogens is 1. The molecule has 0 unspecified atom stereocenters. The molecule has 26 heavy (non-hydrogen) atoms. The maximum atomic E-state index is 12.3. The van der Waals surface area contributed by atoms with Gasteiger partial charge in [0.15, 0.2) is 0 Å². The van der Waals surface area contributed by atoms with Gasteiger partial charge in [-0.25, -0.2) is 0 Å². The van der Waals surface area contributed by atoms with Crippen molar-refractivity contribution in [2.24, 2.45) is 0 Å². The number of benzene rings is 2. The molecular weight excluding hydrogens is 443 g/mol. The number of hydrogen-bond acceptors (Lipinski definition) is 3. The quantitative estimate of drug-likeness (QED) is 0.639. The average molecular weight is 466 g/mol. The molecule has 0 spiro atoms. The summed E-state index contributed by atoms with van der Waals surface area (Å²) < 4.78 is 1.16. The Hall–Kier alpha value is -2.09. The summed E-state index contributed by atoms with van der Waals surface area (Å²) >= 11 is 2.25. The number of phenols is 1. The van der Waals surface area contributed by atoms with Crippen LogP contribution in [0.15, 0.2) is 48.5 Å². The van der Waals surface area contributed by atoms with E-state index in [2.05, 4.69) is 22.6 Å². The molecule has 0 saturated heterocycles. The molecule has 1 N–H and O–H groups in total. The number of hydrogen-bond donors (Lipinski definition) is 1. The second-order valence-electron chi connectivity index (χ2n) is 6.30. The first kappa shape index (κ1) is 20.2. The van der Waals surface area contributed by atoms with Crippen molar-refractivity contribution in [2.45, 2.75) is 19.4 Å². The molecule has 0 atom stereocenters. The molecule has 2 rings (SSSR count). The van der Waals surface area contributed by atoms with Crippen LogP contribution in [-0.4, -0.2) is 47.4 Å². The van der Waals surface area contributed by atoms with Gasteiger partial charge in [-0.1, -0.05) is 24.3 Å². The normalized spacial score (nSPS) is 10.4. The second kappa shape index (κ2) is 9.56. The zero-order valence-electron chi connectivity index (χ0n) is 15.0. The molecule has 0 aliphatic carbocycles. The van der Waals surface area contributed by atoms with Gasteiger partial charge in [-0.05, 0) is 64.4 Å². The van der Waals surface area contributed by atoms with Crippen LogP contribution in [0.4, 0.5) is 0 Å². The van der Waals surface area contributed by atoms with Gasteiger partial charge in [0.1, 0.15) is 5.75 Å². The number of aromatic hydroxyl groups is 1. The fourth-order valence-corrected chi connectivity index (χ4v) is 2.88. The minimum atomic E-state index is -0.140. The van der Waals surface area contributed by atoms with Crippen molar-refractivity contribution in [3.05, 3.63) is 63.2 Å². The summed E-state index contributed by atoms with van der Waals surface area (Å²) in [6, 6.07) is 14.9. The lowest BCUT2D eigenvalue weighted by Crippen LogP contribution is -2.39. The fraction of sp³-hybridized carbons (Fsp3) is 0.300. The Kier molecular flexibility index (Phi) is 7.44. The van der Waals surface area contributed by atoms with E-state index in [-0.39, 0.29) is 24.1 Å². The van der Waals surface area contributed by atoms with Crippen LogP contribution in [0.3, 0.4) is 0 Å². The summed E-state index contributed by atoms with van der Waals surface area (Å²) in [5.74, 6) is -0.0210. The number of carbonyl (C=O) groups is 2. The first-order valence-corrected chi connectivity index (χ1v) is 9.43. The lowest BCUT2D eigenvalue weighted by molar-refractivity contribution is -0.138. The van der Waals surface area contributed by atoms with E-state index in [4.69, 9.17) is 0 Å². The van der Waals surface area contributed by atoms with E-state index in [1.54, 1.807) is 37.2 Å². The van der Waals surface area contributed by atoms with Crippen molar-refractivity contribution in [1.29, 1.82) is 0 Å². The van der Waals surface area contributed by atoms with E-state index >= 15 is 0 Å². The molecule has 0 radical (unpaired) electrons. The Labute approximate surface area is 167 Å². The van der Waals surface area contributed by atoms with E-state index in [1.165, 1.54) is 4.90 Å². The standard InChI is InChI=1S/C20H23IN2O3/c1-22(13-16-4-3-5-18(24)12-16)20(26)14-23(2)19(25)11-8-15-6-9-17(21)10-7-15/h3-7,9-10,12,24H,8,11,13-14H2,1-2H3. The monoisotopic (exact) mass is 466 g/mol. The Morgan fingerprint density at radius 2 is 1.65 bits per heavy atom. The molecule has 0 bridgehead atoms. The highest BCUT2D eigenvalue weighted by molar-refractivity contribution is 14.1. The van der Waals surface area contributed by atoms with Gasteiger partial charge >= 0.3 is 0 Å². The van der Waals surface area contributed by atoms with Crippen LogP contribution >= 0.6 is 22.6 Å². The van der Waals surface area contributed by atoms with Crippen molar-refractivity contribution >= 4 is 34.4 Å². The minimum Gasteiger partial charge on any atom is -0.508 e. The van der Waals surface area contributed by atoms with E-state index in [1.807, 2.05) is 30.3 Å². The van der Waals surface area contributed by atoms with Crippen LogP contribution < -0.4 is 0 Å². The van der Waals surface area contributed by atoms with E-state index in [9.17, 15) is 14.7 Å². The first-order valence-electron chi connectivity index (χ1n) is 8.35. The number of nitrogens with zero attached hydrogens (tertiary/aromatic N) is 2. The fourth-order valence-electron chi connectivity index (χ4n) is 2.52. The maximum Gasteiger partial charge on any atom is 0.242 e. The van der Waals surface area contributed by atoms with E-state index in [0.29, 0.717) is 19.4 Å². The van der Waals surface area contributed by atoms with Gasteiger partial charge in [-0.2, -0.15) is 0 Å². The van der Waals surface area contributed by atoms with E-state index in [0.717, 1.165) is 14.7 Å². The summed E-state index contributed by atoms with van der Waals surface area (Å²) in [6.45, 7) is 0.429. The molecule has 0 saturated carbocycles. The molecule has 0 aliphatic heterocycles. The number of likely N-dealkylation sites (N-methyl/N-ethyl adjacent to an activating group) is 2. The average Bonchev–Trinajstić information content (AvgIpc) is 2.60. The minimum absolute atomic E-state index is 0.0425. The van der Waals surface area contributed by atoms with Crippen LogP contribution in [0.1, 0.15) is 17.5 Å². The largest absolute Gasteiger partial charge is 0.508 e. The SMILES string of the molecule is CN(CC(=O)N(C)Cc1cccc(O)c1)C(=O)CCc1ccc(I)cc1. The number of carbonyl (C=O) groups excluding carboxylic acids is 2. The Morgan fingerprint density at radius 3 is 2.31 bits per heavy atom. The third-order valence-electron chi connectivity index (χ3n) is 4.10. The highest BCUT2D eigenvalue weighted by Gasteiger charge is 2.16. The highest BCUT2D eigenvalue weighted by atomic mass is 127. The zero-order valence-corrected chi connectivity index (χ0v) is 17.1. The Balaban J connectivity index is 1.81. The molecule has 2 aromatic carbocycles. The maximum absolute atomic E-state index is 12.3. The predicted molar refractivity (Wildman–Crippen MR) is 110 cm³/mol. The van der Waals surface area contributed by atoms with Gasteiger partial charge < -0.3 is 14.9 Å². The van der Waals surface area contributed by atoms with Crippen LogP contribution in [0.5, 0.6) is 5.75 Å². The number of phenolic OH excluding ortho intramolecular Hbond substituents is 1. The van der Waals surface area contributed by atoms with Gasteiger partial charge in [-0.15, -0.1) is 0 Å². The van der Waals surface area contributed by atoms with E-state index < -0.39 is 0 Å². The lowest BCUT2D eigenvalue weighted by Gasteiger charge is -2.22. The van der Waals surface area contributed by atoms with Gasteiger partial charge in [0.05, 0.1) is 6.54 Å². The molecule has 0 aliphatic rings. The molecule has 0 aromatic heterocycles. The van der Waals surface area contributed by atoms with Gasteiger partial charge in [-0.3, -0.25) is 9.59 Å². The van der Waals surface area contributed by atoms with Crippen LogP contribution in [0.25, 0.3) is 0 Å². The Bertz CT molecular complexity index is 762. The van der Waals surface area contributed by atoms with Crippen molar-refractivity contribution in [3.8, 4) is 5.75 Å². The molecule has 0 fully saturated rings. The summed E-state index contributed by atoms with van der Waals surface area (Å²) in [7, 11) is 3.34. The molecule has 2 aromatic rings. The summed E-state index contributed by atoms with van der Waals surface area (Å²) in [5.41, 5.74) is 1.95. The number of rotatable bonds is 7. The van der Waals surface area contributed by atoms with Gasteiger partial charge in [0.2, 0.25) is 11.8 Å². The van der Waals surface area contributed by atoms with Crippen LogP contribution in [0, 0.1) is 3.57 Å². The van der Waals surface area contributed by atoms with Crippen molar-refractivity contribution in [2.75, 3.05) is 20.6 Å². The molecule has 138 valence electrons. The molecule has 6 heteroatoms. The van der Waals surface area contributed by atoms with Gasteiger partial charge in [0.25, 0.3) is 0 Å². The highest BCUT2D eigenvalue weighted by Crippen LogP contribution is 2.13. The molecular formula is C20H23IN2O3. The van der Waals surface area contributed by atoms with Crippen LogP contribution in [0.2, 0.25) is 0 Å². The van der Waals surface area contributed by atoms with Gasteiger partial charge in [0, 0.05) is 30.6 Å². The van der Waals surface area contributed by atoms with Crippen molar-refractivity contribution < 1.29 is 14.7 Å².